The Morgan fingerprint density at radius 2 is 1.94 bits per heavy atom. The van der Waals surface area contributed by atoms with E-state index >= 15 is 0 Å². The quantitative estimate of drug-likeness (QED) is 0.567. The monoisotopic (exact) mass is 503 g/mol. The fraction of sp³-hybridized carbons (Fsp3) is 0.519. The van der Waals surface area contributed by atoms with Gasteiger partial charge in [0, 0.05) is 86.2 Å². The summed E-state index contributed by atoms with van der Waals surface area (Å²) in [5.74, 6) is 1.74. The first-order chi connectivity index (χ1) is 17.6. The average molecular weight is 504 g/mol. The zero-order valence-corrected chi connectivity index (χ0v) is 21.9. The molecule has 1 unspecified atom stereocenters. The first kappa shape index (κ1) is 23.7. The summed E-state index contributed by atoms with van der Waals surface area (Å²) >= 11 is 1.95. The number of nitriles is 1. The lowest BCUT2D eigenvalue weighted by Gasteiger charge is -2.37. The Labute approximate surface area is 216 Å². The van der Waals surface area contributed by atoms with Gasteiger partial charge in [-0.05, 0) is 32.0 Å². The largest absolute Gasteiger partial charge is 0.378 e. The topological polar surface area (TPSA) is 84.3 Å². The number of hydrogen-bond acceptors (Lipinski definition) is 8. The van der Waals surface area contributed by atoms with E-state index in [1.807, 2.05) is 36.2 Å². The fourth-order valence-corrected chi connectivity index (χ4v) is 6.95. The van der Waals surface area contributed by atoms with E-state index in [4.69, 9.17) is 14.7 Å². The van der Waals surface area contributed by atoms with E-state index in [1.54, 1.807) is 0 Å². The molecule has 188 valence electrons. The van der Waals surface area contributed by atoms with Crippen molar-refractivity contribution < 1.29 is 4.74 Å². The summed E-state index contributed by atoms with van der Waals surface area (Å²) in [7, 11) is 0. The number of ether oxygens (including phenoxy) is 1. The molecular formula is C27H33N7OS. The molecule has 36 heavy (non-hydrogen) atoms. The van der Waals surface area contributed by atoms with Crippen LogP contribution in [0.25, 0.3) is 22.3 Å². The molecule has 3 aliphatic rings. The highest BCUT2D eigenvalue weighted by atomic mass is 32.2. The molecule has 3 aliphatic heterocycles. The van der Waals surface area contributed by atoms with Gasteiger partial charge in [-0.1, -0.05) is 0 Å². The molecule has 0 aliphatic carbocycles. The van der Waals surface area contributed by atoms with E-state index in [1.165, 1.54) is 4.90 Å². The molecule has 0 bridgehead atoms. The van der Waals surface area contributed by atoms with Crippen LogP contribution in [0.5, 0.6) is 0 Å². The van der Waals surface area contributed by atoms with Crippen molar-refractivity contribution in [3.63, 3.8) is 0 Å². The van der Waals surface area contributed by atoms with Gasteiger partial charge in [-0.15, -0.1) is 11.8 Å². The molecule has 1 atom stereocenters. The number of morpholine rings is 1. The Balaban J connectivity index is 1.32. The van der Waals surface area contributed by atoms with Crippen LogP contribution in [0.3, 0.4) is 0 Å². The number of nitrogens with one attached hydrogen (secondary N) is 1. The zero-order chi connectivity index (χ0) is 24.6. The van der Waals surface area contributed by atoms with E-state index in [-0.39, 0.29) is 0 Å². The minimum atomic E-state index is 0.479. The van der Waals surface area contributed by atoms with E-state index < -0.39 is 0 Å². The van der Waals surface area contributed by atoms with Gasteiger partial charge in [-0.2, -0.15) is 5.26 Å². The second-order valence-corrected chi connectivity index (χ2v) is 11.5. The molecule has 2 fully saturated rings. The predicted octanol–water partition coefficient (Wildman–Crippen LogP) is 3.38. The van der Waals surface area contributed by atoms with Crippen molar-refractivity contribution in [2.75, 3.05) is 63.9 Å². The fourth-order valence-electron chi connectivity index (χ4n) is 5.55. The van der Waals surface area contributed by atoms with Crippen molar-refractivity contribution in [3.8, 4) is 17.5 Å². The van der Waals surface area contributed by atoms with Gasteiger partial charge < -0.3 is 14.6 Å². The van der Waals surface area contributed by atoms with Gasteiger partial charge in [0.05, 0.1) is 35.4 Å². The standard InChI is InChI=1S/C27H33N7OS/c1-18(2)33-7-5-32(6-8-33)17-20-15-24-25(36-20)27(34-9-11-35-12-10-34)31-26(30-24)22-13-19(16-28)14-23-21(22)3-4-29-23/h3-4,13-14,18,20,29H,5-12,15,17H2,1-2H3. The number of nitrogens with zero attached hydrogens (tertiary/aromatic N) is 6. The third-order valence-corrected chi connectivity index (χ3v) is 8.87. The van der Waals surface area contributed by atoms with Gasteiger partial charge in [-0.3, -0.25) is 9.80 Å². The first-order valence-electron chi connectivity index (χ1n) is 13.0. The second kappa shape index (κ2) is 10.0. The van der Waals surface area contributed by atoms with Gasteiger partial charge in [0.2, 0.25) is 0 Å². The Morgan fingerprint density at radius 1 is 1.14 bits per heavy atom. The van der Waals surface area contributed by atoms with Crippen LogP contribution in [0.15, 0.2) is 29.3 Å². The van der Waals surface area contributed by atoms with E-state index in [2.05, 4.69) is 39.6 Å². The number of fused-ring (bicyclic) bond motifs is 2. The third-order valence-electron chi connectivity index (χ3n) is 7.57. The van der Waals surface area contributed by atoms with Crippen LogP contribution in [-0.4, -0.2) is 95.1 Å². The Bertz CT molecular complexity index is 1290. The molecule has 9 heteroatoms. The van der Waals surface area contributed by atoms with E-state index in [0.29, 0.717) is 35.9 Å². The maximum Gasteiger partial charge on any atom is 0.162 e. The number of rotatable bonds is 5. The number of anilines is 1. The third kappa shape index (κ3) is 4.59. The lowest BCUT2D eigenvalue weighted by atomic mass is 10.1. The van der Waals surface area contributed by atoms with Crippen LogP contribution in [0, 0.1) is 11.3 Å². The van der Waals surface area contributed by atoms with Gasteiger partial charge in [0.1, 0.15) is 5.82 Å². The summed E-state index contributed by atoms with van der Waals surface area (Å²) < 4.78 is 5.64. The van der Waals surface area contributed by atoms with Crippen molar-refractivity contribution in [2.24, 2.45) is 0 Å². The lowest BCUT2D eigenvalue weighted by molar-refractivity contribution is 0.109. The van der Waals surface area contributed by atoms with Crippen LogP contribution in [-0.2, 0) is 11.2 Å². The molecule has 0 spiro atoms. The highest BCUT2D eigenvalue weighted by Gasteiger charge is 2.33. The van der Waals surface area contributed by atoms with E-state index in [9.17, 15) is 5.26 Å². The Kier molecular flexibility index (Phi) is 6.61. The Morgan fingerprint density at radius 3 is 2.69 bits per heavy atom. The number of aromatic nitrogens is 3. The molecular weight excluding hydrogens is 470 g/mol. The molecule has 1 N–H and O–H groups in total. The van der Waals surface area contributed by atoms with Gasteiger partial charge in [0.25, 0.3) is 0 Å². The lowest BCUT2D eigenvalue weighted by Crippen LogP contribution is -2.50. The number of piperazine rings is 1. The highest BCUT2D eigenvalue weighted by molar-refractivity contribution is 8.00. The SMILES string of the molecule is CC(C)N1CCN(CC2Cc3nc(-c4cc(C#N)cc5[nH]ccc45)nc(N4CCOCC4)c3S2)CC1. The Hall–Kier alpha value is -2.64. The van der Waals surface area contributed by atoms with Crippen LogP contribution in [0.1, 0.15) is 25.1 Å². The molecule has 6 rings (SSSR count). The van der Waals surface area contributed by atoms with Crippen molar-refractivity contribution in [2.45, 2.75) is 36.5 Å². The summed E-state index contributed by atoms with van der Waals surface area (Å²) in [6.45, 7) is 13.3. The summed E-state index contributed by atoms with van der Waals surface area (Å²) in [4.78, 5) is 22.3. The minimum absolute atomic E-state index is 0.479. The molecule has 2 saturated heterocycles. The number of thioether (sulfide) groups is 1. The number of aromatic amines is 1. The van der Waals surface area contributed by atoms with Crippen molar-refractivity contribution in [1.82, 2.24) is 24.8 Å². The molecule has 2 aromatic heterocycles. The van der Waals surface area contributed by atoms with Crippen LogP contribution >= 0.6 is 11.8 Å². The molecule has 0 amide bonds. The molecule has 5 heterocycles. The maximum absolute atomic E-state index is 9.62. The average Bonchev–Trinajstić information content (AvgIpc) is 3.54. The summed E-state index contributed by atoms with van der Waals surface area (Å²) in [5, 5.41) is 11.1. The van der Waals surface area contributed by atoms with Crippen molar-refractivity contribution >= 4 is 28.5 Å². The summed E-state index contributed by atoms with van der Waals surface area (Å²) in [5.41, 5.74) is 3.61. The summed E-state index contributed by atoms with van der Waals surface area (Å²) in [6, 6.07) is 8.78. The van der Waals surface area contributed by atoms with Crippen molar-refractivity contribution in [1.29, 1.82) is 5.26 Å². The van der Waals surface area contributed by atoms with Crippen LogP contribution in [0.2, 0.25) is 0 Å². The van der Waals surface area contributed by atoms with Crippen molar-refractivity contribution in [3.05, 3.63) is 35.7 Å². The summed E-state index contributed by atoms with van der Waals surface area (Å²) in [6.07, 6.45) is 2.86. The zero-order valence-electron chi connectivity index (χ0n) is 21.0. The van der Waals surface area contributed by atoms with E-state index in [0.717, 1.165) is 80.2 Å². The molecule has 8 nitrogen and oxygen atoms in total. The molecule has 0 radical (unpaired) electrons. The highest BCUT2D eigenvalue weighted by Crippen LogP contribution is 2.43. The second-order valence-electron chi connectivity index (χ2n) is 10.2. The van der Waals surface area contributed by atoms with Crippen LogP contribution in [0.4, 0.5) is 5.82 Å². The maximum atomic E-state index is 9.62. The van der Waals surface area contributed by atoms with Crippen LogP contribution < -0.4 is 4.90 Å². The number of hydrogen-bond donors (Lipinski definition) is 1. The minimum Gasteiger partial charge on any atom is -0.378 e. The molecule has 0 saturated carbocycles. The predicted molar refractivity (Wildman–Crippen MR) is 144 cm³/mol. The molecule has 1 aromatic carbocycles. The smallest absolute Gasteiger partial charge is 0.162 e. The number of benzene rings is 1. The van der Waals surface area contributed by atoms with Gasteiger partial charge >= 0.3 is 0 Å². The first-order valence-corrected chi connectivity index (χ1v) is 13.9. The van der Waals surface area contributed by atoms with Gasteiger partial charge in [-0.25, -0.2) is 9.97 Å². The molecule has 3 aromatic rings. The number of H-pyrrole nitrogens is 1. The van der Waals surface area contributed by atoms with Gasteiger partial charge in [0.15, 0.2) is 5.82 Å². The normalized spacial score (nSPS) is 21.3.